The van der Waals surface area contributed by atoms with Gasteiger partial charge in [-0.1, -0.05) is 18.2 Å². The molecule has 0 spiro atoms. The molecule has 1 aliphatic rings. The number of piperidine rings is 1. The molecule has 0 bridgehead atoms. The fourth-order valence-electron chi connectivity index (χ4n) is 2.03. The van der Waals surface area contributed by atoms with Crippen molar-refractivity contribution >= 4 is 12.0 Å². The normalized spacial score (nSPS) is 20.3. The number of carbonyl (C=O) groups is 1. The zero-order valence-electron chi connectivity index (χ0n) is 10.1. The number of halogens is 1. The van der Waals surface area contributed by atoms with Crippen molar-refractivity contribution in [2.75, 3.05) is 13.1 Å². The zero-order valence-corrected chi connectivity index (χ0v) is 10.1. The van der Waals surface area contributed by atoms with E-state index in [2.05, 4.69) is 0 Å². The Bertz CT molecular complexity index is 459. The lowest BCUT2D eigenvalue weighted by molar-refractivity contribution is -0.128. The van der Waals surface area contributed by atoms with E-state index in [0.29, 0.717) is 18.7 Å². The zero-order chi connectivity index (χ0) is 13.0. The molecule has 0 saturated carbocycles. The summed E-state index contributed by atoms with van der Waals surface area (Å²) in [5, 5.41) is 9.48. The van der Waals surface area contributed by atoms with Gasteiger partial charge in [0.25, 0.3) is 0 Å². The molecule has 18 heavy (non-hydrogen) atoms. The van der Waals surface area contributed by atoms with E-state index in [9.17, 15) is 14.3 Å². The van der Waals surface area contributed by atoms with Crippen LogP contribution in [0.3, 0.4) is 0 Å². The Balaban J connectivity index is 2.01. The van der Waals surface area contributed by atoms with Crippen LogP contribution in [-0.4, -0.2) is 35.1 Å². The minimum Gasteiger partial charge on any atom is -0.391 e. The monoisotopic (exact) mass is 249 g/mol. The maximum absolute atomic E-state index is 13.3. The van der Waals surface area contributed by atoms with Crippen LogP contribution in [0.5, 0.6) is 0 Å². The number of hydrogen-bond donors (Lipinski definition) is 1. The highest BCUT2D eigenvalue weighted by Crippen LogP contribution is 2.12. The number of hydrogen-bond acceptors (Lipinski definition) is 2. The molecule has 1 aliphatic heterocycles. The van der Waals surface area contributed by atoms with E-state index in [4.69, 9.17) is 0 Å². The van der Waals surface area contributed by atoms with Crippen LogP contribution in [-0.2, 0) is 4.79 Å². The predicted molar refractivity (Wildman–Crippen MR) is 67.3 cm³/mol. The lowest BCUT2D eigenvalue weighted by Crippen LogP contribution is -2.41. The molecule has 0 radical (unpaired) electrons. The molecular weight excluding hydrogens is 233 g/mol. The largest absolute Gasteiger partial charge is 0.391 e. The summed E-state index contributed by atoms with van der Waals surface area (Å²) in [6.45, 7) is 1.01. The molecule has 0 aliphatic carbocycles. The van der Waals surface area contributed by atoms with Crippen molar-refractivity contribution in [2.45, 2.75) is 18.9 Å². The van der Waals surface area contributed by atoms with Crippen LogP contribution >= 0.6 is 0 Å². The van der Waals surface area contributed by atoms with Crippen molar-refractivity contribution in [2.24, 2.45) is 0 Å². The second kappa shape index (κ2) is 5.78. The van der Waals surface area contributed by atoms with E-state index >= 15 is 0 Å². The minimum absolute atomic E-state index is 0.183. The van der Waals surface area contributed by atoms with Crippen LogP contribution in [0.4, 0.5) is 4.39 Å². The number of benzene rings is 1. The highest BCUT2D eigenvalue weighted by atomic mass is 19.1. The summed E-state index contributed by atoms with van der Waals surface area (Å²) < 4.78 is 13.3. The third kappa shape index (κ3) is 3.17. The molecule has 3 nitrogen and oxygen atoms in total. The maximum atomic E-state index is 13.3. The Labute approximate surface area is 106 Å². The van der Waals surface area contributed by atoms with Crippen LogP contribution in [0, 0.1) is 5.82 Å². The van der Waals surface area contributed by atoms with Crippen LogP contribution in [0.1, 0.15) is 18.4 Å². The highest BCUT2D eigenvalue weighted by Gasteiger charge is 2.20. The van der Waals surface area contributed by atoms with Crippen molar-refractivity contribution in [3.05, 3.63) is 41.7 Å². The van der Waals surface area contributed by atoms with Crippen LogP contribution < -0.4 is 0 Å². The molecule has 1 aromatic rings. The minimum atomic E-state index is -0.440. The second-order valence-corrected chi connectivity index (χ2v) is 4.44. The van der Waals surface area contributed by atoms with Gasteiger partial charge >= 0.3 is 0 Å². The van der Waals surface area contributed by atoms with Crippen molar-refractivity contribution in [3.8, 4) is 0 Å². The summed E-state index contributed by atoms with van der Waals surface area (Å²) in [6, 6.07) is 6.30. The number of aliphatic hydroxyl groups is 1. The average Bonchev–Trinajstić information content (AvgIpc) is 2.37. The van der Waals surface area contributed by atoms with E-state index in [-0.39, 0.29) is 11.7 Å². The van der Waals surface area contributed by atoms with Crippen molar-refractivity contribution < 1.29 is 14.3 Å². The maximum Gasteiger partial charge on any atom is 0.246 e. The summed E-state index contributed by atoms with van der Waals surface area (Å²) in [4.78, 5) is 13.4. The second-order valence-electron chi connectivity index (χ2n) is 4.44. The number of nitrogens with zero attached hydrogens (tertiary/aromatic N) is 1. The van der Waals surface area contributed by atoms with E-state index in [1.807, 2.05) is 0 Å². The fourth-order valence-corrected chi connectivity index (χ4v) is 2.03. The average molecular weight is 249 g/mol. The molecule has 1 unspecified atom stereocenters. The smallest absolute Gasteiger partial charge is 0.246 e. The summed E-state index contributed by atoms with van der Waals surface area (Å²) >= 11 is 0. The van der Waals surface area contributed by atoms with Crippen molar-refractivity contribution in [1.82, 2.24) is 4.90 Å². The van der Waals surface area contributed by atoms with Crippen molar-refractivity contribution in [1.29, 1.82) is 0 Å². The lowest BCUT2D eigenvalue weighted by atomic mass is 10.1. The first-order chi connectivity index (χ1) is 8.66. The molecule has 1 atom stereocenters. The first-order valence-electron chi connectivity index (χ1n) is 6.06. The third-order valence-electron chi connectivity index (χ3n) is 3.02. The molecule has 1 fully saturated rings. The Hall–Kier alpha value is -1.68. The van der Waals surface area contributed by atoms with Gasteiger partial charge in [0.05, 0.1) is 6.10 Å². The summed E-state index contributed by atoms with van der Waals surface area (Å²) in [6.07, 6.45) is 3.93. The lowest BCUT2D eigenvalue weighted by Gasteiger charge is -2.29. The molecule has 96 valence electrons. The van der Waals surface area contributed by atoms with Crippen molar-refractivity contribution in [3.63, 3.8) is 0 Å². The van der Waals surface area contributed by atoms with Gasteiger partial charge in [-0.3, -0.25) is 4.79 Å². The third-order valence-corrected chi connectivity index (χ3v) is 3.02. The van der Waals surface area contributed by atoms with Gasteiger partial charge in [0, 0.05) is 24.7 Å². The van der Waals surface area contributed by atoms with Gasteiger partial charge < -0.3 is 10.0 Å². The predicted octanol–water partition coefficient (Wildman–Crippen LogP) is 1.82. The SMILES string of the molecule is O=C(/C=C/c1ccccc1F)N1CCCC(O)C1. The highest BCUT2D eigenvalue weighted by molar-refractivity contribution is 5.91. The van der Waals surface area contributed by atoms with Gasteiger partial charge in [-0.15, -0.1) is 0 Å². The molecule has 0 aromatic heterocycles. The summed E-state index contributed by atoms with van der Waals surface area (Å²) in [7, 11) is 0. The number of rotatable bonds is 2. The fraction of sp³-hybridized carbons (Fsp3) is 0.357. The number of β-amino-alcohol motifs (C(OH)–C–C–N with tert-alkyl or cyclic N) is 1. The van der Waals surface area contributed by atoms with Crippen LogP contribution in [0.25, 0.3) is 6.08 Å². The van der Waals surface area contributed by atoms with Gasteiger partial charge in [0.15, 0.2) is 0 Å². The first-order valence-corrected chi connectivity index (χ1v) is 6.06. The van der Waals surface area contributed by atoms with E-state index in [1.54, 1.807) is 23.1 Å². The number of carbonyl (C=O) groups excluding carboxylic acids is 1. The number of amides is 1. The summed E-state index contributed by atoms with van der Waals surface area (Å²) in [5.74, 6) is -0.530. The number of likely N-dealkylation sites (tertiary alicyclic amines) is 1. The Morgan fingerprint density at radius 3 is 2.94 bits per heavy atom. The molecule has 2 rings (SSSR count). The Kier molecular flexibility index (Phi) is 4.10. The quantitative estimate of drug-likeness (QED) is 0.812. The van der Waals surface area contributed by atoms with Gasteiger partial charge in [-0.25, -0.2) is 4.39 Å². The summed E-state index contributed by atoms with van der Waals surface area (Å²) in [5.41, 5.74) is 0.392. The van der Waals surface area contributed by atoms with E-state index in [1.165, 1.54) is 18.2 Å². The standard InChI is InChI=1S/C14H16FNO2/c15-13-6-2-1-4-11(13)7-8-14(18)16-9-3-5-12(17)10-16/h1-2,4,6-8,12,17H,3,5,9-10H2/b8-7+. The molecule has 4 heteroatoms. The van der Waals surface area contributed by atoms with Crippen LogP contribution in [0.15, 0.2) is 30.3 Å². The molecule has 1 aromatic carbocycles. The molecular formula is C14H16FNO2. The Morgan fingerprint density at radius 1 is 1.44 bits per heavy atom. The topological polar surface area (TPSA) is 40.5 Å². The van der Waals surface area contributed by atoms with Gasteiger partial charge in [-0.2, -0.15) is 0 Å². The first kappa shape index (κ1) is 12.8. The van der Waals surface area contributed by atoms with E-state index in [0.717, 1.165) is 12.8 Å². The van der Waals surface area contributed by atoms with Gasteiger partial charge in [0.1, 0.15) is 5.82 Å². The molecule has 1 amide bonds. The van der Waals surface area contributed by atoms with E-state index < -0.39 is 6.10 Å². The van der Waals surface area contributed by atoms with Crippen LogP contribution in [0.2, 0.25) is 0 Å². The molecule has 1 N–H and O–H groups in total. The Morgan fingerprint density at radius 2 is 2.22 bits per heavy atom. The molecule has 1 heterocycles. The molecule has 1 saturated heterocycles. The number of aliphatic hydroxyl groups excluding tert-OH is 1. The van der Waals surface area contributed by atoms with Gasteiger partial charge in [-0.05, 0) is 25.0 Å². The van der Waals surface area contributed by atoms with Gasteiger partial charge in [0.2, 0.25) is 5.91 Å².